The van der Waals surface area contributed by atoms with Gasteiger partial charge in [0.2, 0.25) is 0 Å². The second-order valence-electron chi connectivity index (χ2n) is 7.50. The molecule has 10 nitrogen and oxygen atoms in total. The van der Waals surface area contributed by atoms with Gasteiger partial charge >= 0.3 is 5.97 Å². The first-order valence-electron chi connectivity index (χ1n) is 9.87. The number of carbonyl (C=O) groups excluding carboxylic acids is 1. The lowest BCUT2D eigenvalue weighted by Crippen LogP contribution is -2.48. The number of alkyl halides is 2. The largest absolute Gasteiger partial charge is 0.469 e. The second kappa shape index (κ2) is 9.25. The van der Waals surface area contributed by atoms with Crippen molar-refractivity contribution in [1.29, 1.82) is 0 Å². The van der Waals surface area contributed by atoms with Gasteiger partial charge in [0.15, 0.2) is 0 Å². The third-order valence-electron chi connectivity index (χ3n) is 5.27. The summed E-state index contributed by atoms with van der Waals surface area (Å²) in [5.74, 6) is -3.94. The summed E-state index contributed by atoms with van der Waals surface area (Å²) >= 11 is 0. The Labute approximate surface area is 177 Å². The molecule has 3 heterocycles. The van der Waals surface area contributed by atoms with Gasteiger partial charge in [0, 0.05) is 24.9 Å². The smallest absolute Gasteiger partial charge is 0.305 e. The summed E-state index contributed by atoms with van der Waals surface area (Å²) < 4.78 is 35.0. The molecule has 31 heavy (non-hydrogen) atoms. The molecule has 12 heteroatoms. The summed E-state index contributed by atoms with van der Waals surface area (Å²) in [5, 5.41) is 11.7. The maximum absolute atomic E-state index is 14.4. The number of anilines is 1. The first kappa shape index (κ1) is 22.4. The number of halogens is 2. The third kappa shape index (κ3) is 5.08. The minimum Gasteiger partial charge on any atom is -0.469 e. The number of hydrogen-bond acceptors (Lipinski definition) is 7. The Kier molecular flexibility index (Phi) is 6.69. The molecule has 0 radical (unpaired) electrons. The molecule has 3 rings (SSSR count). The first-order chi connectivity index (χ1) is 14.8. The van der Waals surface area contributed by atoms with E-state index in [2.05, 4.69) is 30.1 Å². The van der Waals surface area contributed by atoms with Crippen LogP contribution in [0.25, 0.3) is 21.8 Å². The Morgan fingerprint density at radius 3 is 2.90 bits per heavy atom. The zero-order chi connectivity index (χ0) is 22.6. The molecule has 2 aromatic heterocycles. The molecule has 0 bridgehead atoms. The number of carbonyl (C=O) groups is 1. The molecule has 0 amide bonds. The number of nitrogens with zero attached hydrogens (tertiary/aromatic N) is 8. The fourth-order valence-electron chi connectivity index (χ4n) is 3.87. The number of aromatic nitrogens is 4. The van der Waals surface area contributed by atoms with Crippen LogP contribution in [0.15, 0.2) is 17.2 Å². The lowest BCUT2D eigenvalue weighted by Gasteiger charge is -2.39. The van der Waals surface area contributed by atoms with Crippen molar-refractivity contribution in [1.82, 2.24) is 20.0 Å². The molecule has 0 unspecified atom stereocenters. The molecule has 1 aliphatic rings. The maximum Gasteiger partial charge on any atom is 0.305 e. The molecule has 166 valence electrons. The van der Waals surface area contributed by atoms with E-state index in [1.807, 2.05) is 6.92 Å². The number of ether oxygens (including phenoxy) is 1. The predicted octanol–water partition coefficient (Wildman–Crippen LogP) is 3.27. The molecule has 0 aliphatic carbocycles. The summed E-state index contributed by atoms with van der Waals surface area (Å²) in [6, 6.07) is 3.43. The molecule has 1 atom stereocenters. The first-order valence-corrected chi connectivity index (χ1v) is 9.87. The van der Waals surface area contributed by atoms with E-state index in [-0.39, 0.29) is 19.4 Å². The van der Waals surface area contributed by atoms with E-state index in [4.69, 9.17) is 5.53 Å². The van der Waals surface area contributed by atoms with Gasteiger partial charge in [-0.2, -0.15) is 0 Å². The van der Waals surface area contributed by atoms with Crippen molar-refractivity contribution in [3.8, 4) is 11.4 Å². The van der Waals surface area contributed by atoms with Crippen LogP contribution in [0.5, 0.6) is 0 Å². The summed E-state index contributed by atoms with van der Waals surface area (Å²) in [6.07, 6.45) is 0.102. The standard InChI is InChI=1S/C19H24F2N8O2/c1-4-13-15(29-10-12(7-17(30)31-3)8-19(20,21)11-29)6-5-14(24-13)18-16(9-23-26-22)28(2)27-25-18/h5-6,12H,4,7-11H2,1-3H3/t12-/m1/s1. The average Bonchev–Trinajstić information content (AvgIpc) is 3.10. The number of rotatable bonds is 7. The predicted molar refractivity (Wildman–Crippen MR) is 108 cm³/mol. The Morgan fingerprint density at radius 1 is 1.45 bits per heavy atom. The molecule has 1 aliphatic heterocycles. The average molecular weight is 434 g/mol. The van der Waals surface area contributed by atoms with Crippen molar-refractivity contribution in [2.24, 2.45) is 18.1 Å². The Morgan fingerprint density at radius 2 is 2.23 bits per heavy atom. The molecular formula is C19H24F2N8O2. The SMILES string of the molecule is CCc1nc(-c2nnn(C)c2CN=[N+]=[N-])ccc1N1C[C@H](CC(=O)OC)CC(F)(F)C1. The van der Waals surface area contributed by atoms with Crippen LogP contribution >= 0.6 is 0 Å². The quantitative estimate of drug-likeness (QED) is 0.285. The Bertz CT molecular complexity index is 1000. The number of aryl methyl sites for hydroxylation is 2. The van der Waals surface area contributed by atoms with Crippen LogP contribution in [0, 0.1) is 5.92 Å². The van der Waals surface area contributed by atoms with E-state index in [9.17, 15) is 13.6 Å². The van der Waals surface area contributed by atoms with E-state index in [0.717, 1.165) is 0 Å². The van der Waals surface area contributed by atoms with Crippen molar-refractivity contribution in [2.45, 2.75) is 38.7 Å². The van der Waals surface area contributed by atoms with Gasteiger partial charge < -0.3 is 9.64 Å². The van der Waals surface area contributed by atoms with Crippen molar-refractivity contribution >= 4 is 11.7 Å². The fraction of sp³-hybridized carbons (Fsp3) is 0.579. The number of azide groups is 1. The molecule has 2 aromatic rings. The molecule has 1 fully saturated rings. The number of pyridine rings is 1. The molecule has 1 saturated heterocycles. The number of esters is 1. The second-order valence-corrected chi connectivity index (χ2v) is 7.50. The van der Waals surface area contributed by atoms with Gasteiger partial charge in [0.05, 0.1) is 49.4 Å². The highest BCUT2D eigenvalue weighted by Crippen LogP contribution is 2.36. The molecule has 0 saturated carbocycles. The molecular weight excluding hydrogens is 410 g/mol. The fourth-order valence-corrected chi connectivity index (χ4v) is 3.87. The lowest BCUT2D eigenvalue weighted by atomic mass is 9.91. The zero-order valence-corrected chi connectivity index (χ0v) is 17.6. The molecule has 0 spiro atoms. The van der Waals surface area contributed by atoms with Gasteiger partial charge in [-0.05, 0) is 30.0 Å². The van der Waals surface area contributed by atoms with Crippen molar-refractivity contribution in [3.05, 3.63) is 34.0 Å². The van der Waals surface area contributed by atoms with Crippen LogP contribution in [0.4, 0.5) is 14.5 Å². The van der Waals surface area contributed by atoms with Gasteiger partial charge in [-0.25, -0.2) is 13.8 Å². The third-order valence-corrected chi connectivity index (χ3v) is 5.27. The van der Waals surface area contributed by atoms with Gasteiger partial charge in [-0.3, -0.25) is 9.48 Å². The number of piperidine rings is 1. The topological polar surface area (TPSA) is 122 Å². The summed E-state index contributed by atoms with van der Waals surface area (Å²) in [5.41, 5.74) is 11.4. The van der Waals surface area contributed by atoms with Gasteiger partial charge in [0.25, 0.3) is 5.92 Å². The minimum atomic E-state index is -2.92. The lowest BCUT2D eigenvalue weighted by molar-refractivity contribution is -0.142. The van der Waals surface area contributed by atoms with Crippen molar-refractivity contribution in [2.75, 3.05) is 25.1 Å². The number of methoxy groups -OCH3 is 1. The highest BCUT2D eigenvalue weighted by atomic mass is 19.3. The maximum atomic E-state index is 14.4. The molecule has 0 aromatic carbocycles. The van der Waals surface area contributed by atoms with E-state index in [0.29, 0.717) is 41.4 Å². The van der Waals surface area contributed by atoms with Crippen LogP contribution in [0.1, 0.15) is 31.2 Å². The Balaban J connectivity index is 1.93. The van der Waals surface area contributed by atoms with E-state index < -0.39 is 24.4 Å². The highest BCUT2D eigenvalue weighted by molar-refractivity contribution is 5.70. The zero-order valence-electron chi connectivity index (χ0n) is 17.6. The van der Waals surface area contributed by atoms with Gasteiger partial charge in [0.1, 0.15) is 5.69 Å². The summed E-state index contributed by atoms with van der Waals surface area (Å²) in [6.45, 7) is 1.83. The summed E-state index contributed by atoms with van der Waals surface area (Å²) in [7, 11) is 2.94. The summed E-state index contributed by atoms with van der Waals surface area (Å²) in [4.78, 5) is 20.6. The minimum absolute atomic E-state index is 0.0576. The Hall–Kier alpha value is -3.27. The van der Waals surface area contributed by atoms with Crippen molar-refractivity contribution in [3.63, 3.8) is 0 Å². The van der Waals surface area contributed by atoms with E-state index in [1.165, 1.54) is 11.8 Å². The van der Waals surface area contributed by atoms with E-state index in [1.54, 1.807) is 24.1 Å². The van der Waals surface area contributed by atoms with E-state index >= 15 is 0 Å². The van der Waals surface area contributed by atoms with Gasteiger partial charge in [-0.15, -0.1) is 5.10 Å². The van der Waals surface area contributed by atoms with Crippen LogP contribution < -0.4 is 4.90 Å². The van der Waals surface area contributed by atoms with Crippen LogP contribution in [0.2, 0.25) is 0 Å². The van der Waals surface area contributed by atoms with Crippen LogP contribution in [0.3, 0.4) is 0 Å². The number of hydrogen-bond donors (Lipinski definition) is 0. The molecule has 0 N–H and O–H groups in total. The van der Waals surface area contributed by atoms with Gasteiger partial charge in [-0.1, -0.05) is 17.3 Å². The van der Waals surface area contributed by atoms with Crippen molar-refractivity contribution < 1.29 is 18.3 Å². The normalized spacial score (nSPS) is 17.8. The van der Waals surface area contributed by atoms with Crippen LogP contribution in [-0.4, -0.2) is 52.1 Å². The van der Waals surface area contributed by atoms with Crippen LogP contribution in [-0.2, 0) is 29.5 Å². The monoisotopic (exact) mass is 434 g/mol. The highest BCUT2D eigenvalue weighted by Gasteiger charge is 2.41.